The van der Waals surface area contributed by atoms with Crippen LogP contribution in [0.4, 0.5) is 5.69 Å². The molecule has 2 radical (unpaired) electrons. The number of aryl methyl sites for hydroxylation is 1. The van der Waals surface area contributed by atoms with Gasteiger partial charge >= 0.3 is 0 Å². The van der Waals surface area contributed by atoms with Crippen molar-refractivity contribution in [3.05, 3.63) is 71.8 Å². The number of fused-ring (bicyclic) bond motifs is 1. The number of hydrogen-bond donors (Lipinski definition) is 2. The van der Waals surface area contributed by atoms with Gasteiger partial charge in [0.2, 0.25) is 10.0 Å². The largest absolute Gasteiger partial charge is 0.353 e. The van der Waals surface area contributed by atoms with Crippen LogP contribution in [0.2, 0.25) is 0 Å². The molecule has 0 bridgehead atoms. The third-order valence-corrected chi connectivity index (χ3v) is 7.24. The van der Waals surface area contributed by atoms with Crippen LogP contribution in [0.1, 0.15) is 28.8 Å². The Balaban J connectivity index is 1.65. The van der Waals surface area contributed by atoms with E-state index in [2.05, 4.69) is 10.0 Å². The molecule has 0 atom stereocenters. The van der Waals surface area contributed by atoms with Gasteiger partial charge in [-0.15, -0.1) is 0 Å². The number of carbonyl (C=O) groups excluding carboxylic acids is 1. The maximum absolute atomic E-state index is 13.2. The molecule has 158 valence electrons. The molecular weight excluding hydrogens is 409 g/mol. The van der Waals surface area contributed by atoms with Gasteiger partial charge in [-0.25, -0.2) is 13.1 Å². The van der Waals surface area contributed by atoms with Crippen LogP contribution in [0.25, 0.3) is 10.8 Å². The highest BCUT2D eigenvalue weighted by atomic mass is 32.2. The molecule has 3 aromatic rings. The van der Waals surface area contributed by atoms with Gasteiger partial charge in [-0.1, -0.05) is 42.5 Å². The van der Waals surface area contributed by atoms with Crippen molar-refractivity contribution in [3.63, 3.8) is 0 Å². The van der Waals surface area contributed by atoms with Crippen molar-refractivity contribution in [2.75, 3.05) is 18.4 Å². The first kappa shape index (κ1) is 21.6. The minimum atomic E-state index is -3.73. The van der Waals surface area contributed by atoms with E-state index < -0.39 is 10.0 Å². The highest BCUT2D eigenvalue weighted by Crippen LogP contribution is 2.30. The predicted molar refractivity (Wildman–Crippen MR) is 124 cm³/mol. The first-order valence-electron chi connectivity index (χ1n) is 10.3. The maximum Gasteiger partial charge on any atom is 0.255 e. The molecule has 3 aromatic carbocycles. The van der Waals surface area contributed by atoms with E-state index in [-0.39, 0.29) is 16.8 Å². The summed E-state index contributed by atoms with van der Waals surface area (Å²) in [6, 6.07) is 17.6. The SMILES string of the molecule is [B]N1CCC(NS(=O)(=O)c2ccc(NC(=O)c3ccccc3C)c3ccccc23)CC1. The fourth-order valence-electron chi connectivity index (χ4n) is 3.93. The summed E-state index contributed by atoms with van der Waals surface area (Å²) in [6.45, 7) is 3.18. The molecule has 2 N–H and O–H groups in total. The molecule has 1 amide bonds. The van der Waals surface area contributed by atoms with Crippen molar-refractivity contribution in [2.45, 2.75) is 30.7 Å². The number of sulfonamides is 1. The fourth-order valence-corrected chi connectivity index (χ4v) is 5.45. The third kappa shape index (κ3) is 4.66. The number of nitrogens with zero attached hydrogens (tertiary/aromatic N) is 1. The molecule has 4 rings (SSSR count). The maximum atomic E-state index is 13.2. The molecule has 1 aliphatic rings. The molecule has 1 aliphatic heterocycles. The Morgan fingerprint density at radius 1 is 0.968 bits per heavy atom. The van der Waals surface area contributed by atoms with Crippen molar-refractivity contribution >= 4 is 40.4 Å². The summed E-state index contributed by atoms with van der Waals surface area (Å²) in [7, 11) is 2.05. The van der Waals surface area contributed by atoms with Gasteiger partial charge in [0.25, 0.3) is 5.91 Å². The van der Waals surface area contributed by atoms with Crippen molar-refractivity contribution in [1.82, 2.24) is 9.53 Å². The molecular formula is C23H24BN3O3S. The highest BCUT2D eigenvalue weighted by molar-refractivity contribution is 7.89. The second kappa shape index (κ2) is 8.82. The summed E-state index contributed by atoms with van der Waals surface area (Å²) >= 11 is 0. The zero-order valence-electron chi connectivity index (χ0n) is 17.3. The van der Waals surface area contributed by atoms with Crippen molar-refractivity contribution in [1.29, 1.82) is 0 Å². The van der Waals surface area contributed by atoms with Gasteiger partial charge in [0.1, 0.15) is 0 Å². The molecule has 8 heteroatoms. The average molecular weight is 433 g/mol. The number of benzene rings is 3. The fraction of sp³-hybridized carbons (Fsp3) is 0.261. The van der Waals surface area contributed by atoms with Gasteiger partial charge in [-0.05, 0) is 56.6 Å². The summed E-state index contributed by atoms with van der Waals surface area (Å²) in [5, 5.41) is 4.17. The van der Waals surface area contributed by atoms with E-state index in [0.717, 1.165) is 5.56 Å². The zero-order valence-corrected chi connectivity index (χ0v) is 18.2. The summed E-state index contributed by atoms with van der Waals surface area (Å²) in [5.41, 5.74) is 2.02. The lowest BCUT2D eigenvalue weighted by atomic mass is 10.0. The summed E-state index contributed by atoms with van der Waals surface area (Å²) < 4.78 is 29.1. The van der Waals surface area contributed by atoms with Crippen LogP contribution < -0.4 is 10.0 Å². The van der Waals surface area contributed by atoms with Crippen LogP contribution in [0.3, 0.4) is 0 Å². The van der Waals surface area contributed by atoms with Gasteiger partial charge in [0, 0.05) is 28.1 Å². The summed E-state index contributed by atoms with van der Waals surface area (Å²) in [6.07, 6.45) is 1.33. The van der Waals surface area contributed by atoms with E-state index in [9.17, 15) is 13.2 Å². The summed E-state index contributed by atoms with van der Waals surface area (Å²) in [5.74, 6) is -0.231. The average Bonchev–Trinajstić information content (AvgIpc) is 2.75. The van der Waals surface area contributed by atoms with E-state index in [4.69, 9.17) is 7.98 Å². The number of rotatable bonds is 5. The number of anilines is 1. The molecule has 0 aliphatic carbocycles. The van der Waals surface area contributed by atoms with Crippen molar-refractivity contribution in [2.24, 2.45) is 0 Å². The zero-order chi connectivity index (χ0) is 22.0. The van der Waals surface area contributed by atoms with Crippen LogP contribution in [0, 0.1) is 6.92 Å². The lowest BCUT2D eigenvalue weighted by molar-refractivity contribution is 0.102. The van der Waals surface area contributed by atoms with E-state index in [1.54, 1.807) is 35.1 Å². The first-order valence-corrected chi connectivity index (χ1v) is 11.7. The Hall–Kier alpha value is -2.68. The Kier molecular flexibility index (Phi) is 6.13. The Bertz CT molecular complexity index is 1220. The lowest BCUT2D eigenvalue weighted by Gasteiger charge is -2.29. The topological polar surface area (TPSA) is 78.5 Å². The minimum absolute atomic E-state index is 0.149. The summed E-state index contributed by atoms with van der Waals surface area (Å²) in [4.78, 5) is 14.7. The quantitative estimate of drug-likeness (QED) is 0.606. The Morgan fingerprint density at radius 2 is 1.61 bits per heavy atom. The van der Waals surface area contributed by atoms with Gasteiger partial charge in [0.05, 0.1) is 4.90 Å². The Labute approximate surface area is 184 Å². The van der Waals surface area contributed by atoms with E-state index in [1.165, 1.54) is 0 Å². The Morgan fingerprint density at radius 3 is 2.32 bits per heavy atom. The highest BCUT2D eigenvalue weighted by Gasteiger charge is 2.25. The van der Waals surface area contributed by atoms with Crippen molar-refractivity contribution < 1.29 is 13.2 Å². The molecule has 0 aromatic heterocycles. The molecule has 0 spiro atoms. The molecule has 1 heterocycles. The van der Waals surface area contributed by atoms with Crippen LogP contribution in [0.15, 0.2) is 65.6 Å². The lowest BCUT2D eigenvalue weighted by Crippen LogP contribution is -2.43. The molecule has 31 heavy (non-hydrogen) atoms. The molecule has 1 saturated heterocycles. The van der Waals surface area contributed by atoms with E-state index >= 15 is 0 Å². The van der Waals surface area contributed by atoms with E-state index in [1.807, 2.05) is 37.3 Å². The van der Waals surface area contributed by atoms with Gasteiger partial charge in [0.15, 0.2) is 7.98 Å². The van der Waals surface area contributed by atoms with Crippen molar-refractivity contribution in [3.8, 4) is 0 Å². The van der Waals surface area contributed by atoms with E-state index in [0.29, 0.717) is 48.0 Å². The van der Waals surface area contributed by atoms with Gasteiger partial charge < -0.3 is 10.1 Å². The molecule has 1 fully saturated rings. The smallest absolute Gasteiger partial charge is 0.255 e. The second-order valence-corrected chi connectivity index (χ2v) is 9.54. The van der Waals surface area contributed by atoms with Gasteiger partial charge in [-0.2, -0.15) is 0 Å². The number of nitrogens with one attached hydrogen (secondary N) is 2. The van der Waals surface area contributed by atoms with Gasteiger partial charge in [-0.3, -0.25) is 4.79 Å². The normalized spacial score (nSPS) is 15.8. The number of carbonyl (C=O) groups is 1. The van der Waals surface area contributed by atoms with Crippen LogP contribution >= 0.6 is 0 Å². The minimum Gasteiger partial charge on any atom is -0.353 e. The number of amides is 1. The predicted octanol–water partition coefficient (Wildman–Crippen LogP) is 3.23. The second-order valence-electron chi connectivity index (χ2n) is 7.86. The third-order valence-electron chi connectivity index (χ3n) is 5.66. The standard InChI is InChI=1S/C23H24BN3O3S/c1-16-6-2-3-7-18(16)23(28)25-21-10-11-22(20-9-5-4-8-19(20)21)31(29,30)26-17-12-14-27(24)15-13-17/h2-11,17,26H,12-15H2,1H3,(H,25,28). The van der Waals surface area contributed by atoms with Crippen LogP contribution in [-0.2, 0) is 10.0 Å². The molecule has 0 saturated carbocycles. The first-order chi connectivity index (χ1) is 14.8. The van der Waals surface area contributed by atoms with Crippen LogP contribution in [-0.4, -0.2) is 46.2 Å². The number of hydrogen-bond acceptors (Lipinski definition) is 4. The number of piperidine rings is 1. The molecule has 6 nitrogen and oxygen atoms in total. The molecule has 0 unspecified atom stereocenters. The monoisotopic (exact) mass is 433 g/mol. The van der Waals surface area contributed by atoms with Crippen LogP contribution in [0.5, 0.6) is 0 Å².